The molecule has 0 heterocycles. The summed E-state index contributed by atoms with van der Waals surface area (Å²) in [7, 11) is 0. The molecule has 0 aromatic rings. The van der Waals surface area contributed by atoms with Crippen molar-refractivity contribution in [3.8, 4) is 0 Å². The highest BCUT2D eigenvalue weighted by atomic mass is 16.5. The normalized spacial score (nSPS) is 14.2. The Hall–Kier alpha value is -1.84. The van der Waals surface area contributed by atoms with Crippen LogP contribution in [0.4, 0.5) is 0 Å². The van der Waals surface area contributed by atoms with E-state index in [-0.39, 0.29) is 0 Å². The number of aliphatic imine (C=N–C) groups is 1. The van der Waals surface area contributed by atoms with E-state index in [1.807, 2.05) is 39.8 Å². The molecule has 0 aliphatic rings. The minimum Gasteiger partial charge on any atom is -0.498 e. The lowest BCUT2D eigenvalue weighted by atomic mass is 10.1. The Morgan fingerprint density at radius 2 is 1.67 bits per heavy atom. The molecule has 0 fully saturated rings. The molecule has 0 aromatic carbocycles. The molecular formula is C17H27NO3. The smallest absolute Gasteiger partial charge is 0.356 e. The van der Waals surface area contributed by atoms with Gasteiger partial charge < -0.3 is 9.47 Å². The minimum atomic E-state index is -0.397. The Morgan fingerprint density at radius 1 is 1.05 bits per heavy atom. The summed E-state index contributed by atoms with van der Waals surface area (Å²) < 4.78 is 10.4. The van der Waals surface area contributed by atoms with Crippen molar-refractivity contribution in [2.45, 2.75) is 48.0 Å². The maximum Gasteiger partial charge on any atom is 0.356 e. The largest absolute Gasteiger partial charge is 0.498 e. The van der Waals surface area contributed by atoms with Crippen molar-refractivity contribution in [1.82, 2.24) is 0 Å². The highest BCUT2D eigenvalue weighted by molar-refractivity contribution is 6.01. The summed E-state index contributed by atoms with van der Waals surface area (Å²) in [5, 5.41) is 0. The van der Waals surface area contributed by atoms with Crippen LogP contribution in [-0.4, -0.2) is 24.9 Å². The van der Waals surface area contributed by atoms with Gasteiger partial charge in [0.05, 0.1) is 19.0 Å². The first kappa shape index (κ1) is 19.2. The molecule has 0 spiro atoms. The molecule has 0 aliphatic heterocycles. The number of hydrogen-bond acceptors (Lipinski definition) is 4. The van der Waals surface area contributed by atoms with Crippen LogP contribution in [0.5, 0.6) is 0 Å². The number of esters is 1. The molecule has 0 atom stereocenters. The van der Waals surface area contributed by atoms with Crippen LogP contribution in [0.25, 0.3) is 0 Å². The molecule has 21 heavy (non-hydrogen) atoms. The van der Waals surface area contributed by atoms with E-state index >= 15 is 0 Å². The van der Waals surface area contributed by atoms with E-state index in [2.05, 4.69) is 4.99 Å². The molecule has 0 rings (SSSR count). The van der Waals surface area contributed by atoms with Crippen LogP contribution in [0.3, 0.4) is 0 Å². The van der Waals surface area contributed by atoms with Crippen LogP contribution in [0.2, 0.25) is 0 Å². The summed E-state index contributed by atoms with van der Waals surface area (Å²) in [4.78, 5) is 16.0. The van der Waals surface area contributed by atoms with E-state index in [0.29, 0.717) is 18.9 Å². The lowest BCUT2D eigenvalue weighted by molar-refractivity contribution is -0.138. The number of carbonyl (C=O) groups is 1. The predicted molar refractivity (Wildman–Crippen MR) is 87.3 cm³/mol. The molecule has 0 aromatic heterocycles. The molecule has 4 heteroatoms. The van der Waals surface area contributed by atoms with Crippen LogP contribution in [0.1, 0.15) is 48.0 Å². The Labute approximate surface area is 128 Å². The molecule has 0 bridgehead atoms. The highest BCUT2D eigenvalue weighted by Gasteiger charge is 2.08. The molecule has 0 saturated heterocycles. The second kappa shape index (κ2) is 10.9. The van der Waals surface area contributed by atoms with Crippen molar-refractivity contribution in [2.24, 2.45) is 4.99 Å². The fraction of sp³-hybridized carbons (Fsp3) is 0.529. The number of rotatable bonds is 8. The van der Waals surface area contributed by atoms with E-state index in [1.54, 1.807) is 19.9 Å². The lowest BCUT2D eigenvalue weighted by Crippen LogP contribution is -2.08. The summed E-state index contributed by atoms with van der Waals surface area (Å²) in [5.74, 6) is 0.535. The highest BCUT2D eigenvalue weighted by Crippen LogP contribution is 2.08. The first-order valence-electron chi connectivity index (χ1n) is 7.39. The first-order chi connectivity index (χ1) is 9.99. The summed E-state index contributed by atoms with van der Waals surface area (Å²) in [5.41, 5.74) is 2.08. The van der Waals surface area contributed by atoms with E-state index in [0.717, 1.165) is 23.5 Å². The van der Waals surface area contributed by atoms with Crippen LogP contribution >= 0.6 is 0 Å². The first-order valence-corrected chi connectivity index (χ1v) is 7.39. The van der Waals surface area contributed by atoms with Gasteiger partial charge in [0.25, 0.3) is 0 Å². The summed E-state index contributed by atoms with van der Waals surface area (Å²) in [6, 6.07) is 0. The third-order valence-corrected chi connectivity index (χ3v) is 2.81. The minimum absolute atomic E-state index is 0.326. The zero-order valence-corrected chi connectivity index (χ0v) is 14.0. The van der Waals surface area contributed by atoms with Gasteiger partial charge in [-0.15, -0.1) is 0 Å². The van der Waals surface area contributed by atoms with Crippen LogP contribution in [0.15, 0.2) is 40.2 Å². The lowest BCUT2D eigenvalue weighted by Gasteiger charge is -2.06. The maximum absolute atomic E-state index is 11.7. The van der Waals surface area contributed by atoms with E-state index in [1.165, 1.54) is 0 Å². The van der Waals surface area contributed by atoms with Gasteiger partial charge in [-0.2, -0.15) is 0 Å². The Morgan fingerprint density at radius 3 is 2.14 bits per heavy atom. The van der Waals surface area contributed by atoms with Crippen LogP contribution in [0, 0.1) is 0 Å². The molecule has 118 valence electrons. The molecule has 0 amide bonds. The van der Waals surface area contributed by atoms with E-state index in [9.17, 15) is 4.79 Å². The Bertz CT molecular complexity index is 457. The van der Waals surface area contributed by atoms with Gasteiger partial charge in [-0.1, -0.05) is 19.1 Å². The number of carbonyl (C=O) groups excluding carboxylic acids is 1. The van der Waals surface area contributed by atoms with Crippen LogP contribution < -0.4 is 0 Å². The quantitative estimate of drug-likeness (QED) is 0.222. The number of allylic oxidation sites excluding steroid dienone is 5. The molecule has 0 unspecified atom stereocenters. The van der Waals surface area contributed by atoms with Crippen LogP contribution in [-0.2, 0) is 14.3 Å². The van der Waals surface area contributed by atoms with Gasteiger partial charge in [-0.3, -0.25) is 0 Å². The number of ether oxygens (including phenoxy) is 2. The fourth-order valence-electron chi connectivity index (χ4n) is 1.49. The van der Waals surface area contributed by atoms with E-state index in [4.69, 9.17) is 9.47 Å². The van der Waals surface area contributed by atoms with Gasteiger partial charge in [0, 0.05) is 12.1 Å². The van der Waals surface area contributed by atoms with Crippen molar-refractivity contribution in [3.63, 3.8) is 0 Å². The number of hydrogen-bond donors (Lipinski definition) is 0. The molecule has 0 saturated carbocycles. The summed E-state index contributed by atoms with van der Waals surface area (Å²) in [6.07, 6.45) is 6.39. The van der Waals surface area contributed by atoms with Crippen molar-refractivity contribution in [3.05, 3.63) is 35.3 Å². The Balaban J connectivity index is 5.08. The molecule has 4 nitrogen and oxygen atoms in total. The van der Waals surface area contributed by atoms with Gasteiger partial charge >= 0.3 is 5.97 Å². The zero-order valence-electron chi connectivity index (χ0n) is 14.0. The van der Waals surface area contributed by atoms with Gasteiger partial charge in [0.1, 0.15) is 5.70 Å². The van der Waals surface area contributed by atoms with E-state index < -0.39 is 5.97 Å². The zero-order chi connectivity index (χ0) is 16.3. The molecular weight excluding hydrogens is 266 g/mol. The summed E-state index contributed by atoms with van der Waals surface area (Å²) in [6.45, 7) is 12.4. The standard InChI is InChI=1S/C17H27NO3/c1-7-15(20-9-3)12-11-13(5)14(6)18-16(8-2)17(19)21-10-4/h8,11-12H,7,9-10H2,1-6H3/b13-11+,15-12+,16-8-,18-14-. The monoisotopic (exact) mass is 293 g/mol. The molecule has 0 radical (unpaired) electrons. The van der Waals surface area contributed by atoms with Crippen molar-refractivity contribution in [1.29, 1.82) is 0 Å². The van der Waals surface area contributed by atoms with Gasteiger partial charge in [0.2, 0.25) is 0 Å². The van der Waals surface area contributed by atoms with Gasteiger partial charge in [-0.05, 0) is 46.3 Å². The fourth-order valence-corrected chi connectivity index (χ4v) is 1.49. The molecule has 0 N–H and O–H groups in total. The predicted octanol–water partition coefficient (Wildman–Crippen LogP) is 4.19. The second-order valence-electron chi connectivity index (χ2n) is 4.36. The maximum atomic E-state index is 11.7. The third-order valence-electron chi connectivity index (χ3n) is 2.81. The topological polar surface area (TPSA) is 47.9 Å². The SMILES string of the molecule is C\C=C(/N=C(C)\C(C)=C\C=C(/CC)OCC)C(=O)OCC. The Kier molecular flexibility index (Phi) is 9.94. The second-order valence-corrected chi connectivity index (χ2v) is 4.36. The van der Waals surface area contributed by atoms with Crippen molar-refractivity contribution < 1.29 is 14.3 Å². The average molecular weight is 293 g/mol. The summed E-state index contributed by atoms with van der Waals surface area (Å²) >= 11 is 0. The van der Waals surface area contributed by atoms with Crippen molar-refractivity contribution >= 4 is 11.7 Å². The number of nitrogens with zero attached hydrogens (tertiary/aromatic N) is 1. The molecule has 0 aliphatic carbocycles. The van der Waals surface area contributed by atoms with Crippen molar-refractivity contribution in [2.75, 3.05) is 13.2 Å². The van der Waals surface area contributed by atoms with Gasteiger partial charge in [0.15, 0.2) is 0 Å². The average Bonchev–Trinajstić information content (AvgIpc) is 2.48. The van der Waals surface area contributed by atoms with Gasteiger partial charge in [-0.25, -0.2) is 9.79 Å². The third kappa shape index (κ3) is 7.49.